The number of halogens is 1. The molecule has 0 fully saturated rings. The third kappa shape index (κ3) is 3.49. The lowest BCUT2D eigenvalue weighted by Crippen LogP contribution is -2.04. The fourth-order valence-electron chi connectivity index (χ4n) is 1.96. The van der Waals surface area contributed by atoms with Gasteiger partial charge in [0.05, 0.1) is 0 Å². The Morgan fingerprint density at radius 3 is 2.74 bits per heavy atom. The van der Waals surface area contributed by atoms with Crippen LogP contribution in [0.4, 0.5) is 0 Å². The smallest absolute Gasteiger partial charge is 0.127 e. The van der Waals surface area contributed by atoms with Gasteiger partial charge in [-0.15, -0.1) is 0 Å². The first kappa shape index (κ1) is 13.9. The van der Waals surface area contributed by atoms with Gasteiger partial charge in [-0.3, -0.25) is 0 Å². The maximum Gasteiger partial charge on any atom is 0.127 e. The van der Waals surface area contributed by atoms with E-state index in [2.05, 4.69) is 15.9 Å². The summed E-state index contributed by atoms with van der Waals surface area (Å²) in [5, 5.41) is 9.42. The van der Waals surface area contributed by atoms with Crippen LogP contribution in [-0.2, 0) is 13.2 Å². The Morgan fingerprint density at radius 2 is 2.05 bits per heavy atom. The summed E-state index contributed by atoms with van der Waals surface area (Å²) < 4.78 is 6.84. The Labute approximate surface area is 121 Å². The molecule has 0 aliphatic rings. The molecule has 0 heterocycles. The highest BCUT2D eigenvalue weighted by Gasteiger charge is 2.08. The van der Waals surface area contributed by atoms with Crippen LogP contribution in [0, 0.1) is 6.92 Å². The van der Waals surface area contributed by atoms with Crippen molar-refractivity contribution in [2.75, 3.05) is 0 Å². The van der Waals surface area contributed by atoms with E-state index in [-0.39, 0.29) is 5.75 Å². The molecule has 0 spiro atoms. The number of nitrogens with two attached hydrogens (primary N) is 1. The average molecular weight is 322 g/mol. The summed E-state index contributed by atoms with van der Waals surface area (Å²) in [6, 6.07) is 11.0. The molecule has 100 valence electrons. The van der Waals surface area contributed by atoms with E-state index in [1.807, 2.05) is 25.1 Å². The Kier molecular flexibility index (Phi) is 4.45. The van der Waals surface area contributed by atoms with E-state index in [4.69, 9.17) is 10.5 Å². The zero-order valence-corrected chi connectivity index (χ0v) is 12.3. The average Bonchev–Trinajstić information content (AvgIpc) is 2.37. The molecule has 0 saturated heterocycles. The van der Waals surface area contributed by atoms with Crippen molar-refractivity contribution in [1.29, 1.82) is 0 Å². The second kappa shape index (κ2) is 6.08. The summed E-state index contributed by atoms with van der Waals surface area (Å²) >= 11 is 3.45. The summed E-state index contributed by atoms with van der Waals surface area (Å²) in [6.45, 7) is 2.82. The summed E-state index contributed by atoms with van der Waals surface area (Å²) in [5.74, 6) is 1.06. The van der Waals surface area contributed by atoms with Gasteiger partial charge in [0, 0.05) is 16.6 Å². The maximum atomic E-state index is 9.42. The van der Waals surface area contributed by atoms with E-state index in [1.165, 1.54) is 0 Å². The van der Waals surface area contributed by atoms with Crippen molar-refractivity contribution in [3.05, 3.63) is 57.6 Å². The van der Waals surface area contributed by atoms with Crippen LogP contribution in [0.5, 0.6) is 11.5 Å². The van der Waals surface area contributed by atoms with Gasteiger partial charge in [-0.05, 0) is 42.3 Å². The second-order valence-electron chi connectivity index (χ2n) is 4.37. The Hall–Kier alpha value is -1.52. The van der Waals surface area contributed by atoms with Crippen LogP contribution in [0.1, 0.15) is 16.7 Å². The van der Waals surface area contributed by atoms with Crippen molar-refractivity contribution in [1.82, 2.24) is 0 Å². The number of aryl methyl sites for hydroxylation is 1. The van der Waals surface area contributed by atoms with Crippen LogP contribution >= 0.6 is 15.9 Å². The second-order valence-corrected chi connectivity index (χ2v) is 5.29. The Balaban J connectivity index is 2.19. The summed E-state index contributed by atoms with van der Waals surface area (Å²) in [4.78, 5) is 0. The first-order valence-electron chi connectivity index (χ1n) is 6.00. The van der Waals surface area contributed by atoms with Gasteiger partial charge < -0.3 is 15.6 Å². The molecule has 0 amide bonds. The number of aromatic hydroxyl groups is 1. The largest absolute Gasteiger partial charge is 0.508 e. The van der Waals surface area contributed by atoms with E-state index in [9.17, 15) is 5.11 Å². The zero-order valence-electron chi connectivity index (χ0n) is 10.7. The SMILES string of the molecule is Cc1cc(Br)cc(CN)c1OCc1cccc(O)c1. The normalized spacial score (nSPS) is 10.5. The minimum Gasteiger partial charge on any atom is -0.508 e. The van der Waals surface area contributed by atoms with Crippen LogP contribution in [0.2, 0.25) is 0 Å². The molecule has 0 bridgehead atoms. The lowest BCUT2D eigenvalue weighted by molar-refractivity contribution is 0.300. The van der Waals surface area contributed by atoms with Crippen LogP contribution in [0.3, 0.4) is 0 Å². The highest BCUT2D eigenvalue weighted by atomic mass is 79.9. The van der Waals surface area contributed by atoms with Crippen molar-refractivity contribution in [3.8, 4) is 11.5 Å². The number of rotatable bonds is 4. The van der Waals surface area contributed by atoms with E-state index in [1.54, 1.807) is 18.2 Å². The number of benzene rings is 2. The molecule has 0 aliphatic carbocycles. The van der Waals surface area contributed by atoms with Crippen molar-refractivity contribution in [3.63, 3.8) is 0 Å². The molecule has 2 aromatic rings. The summed E-state index contributed by atoms with van der Waals surface area (Å²) in [5.41, 5.74) is 8.66. The molecular weight excluding hydrogens is 306 g/mol. The van der Waals surface area contributed by atoms with Gasteiger partial charge in [-0.1, -0.05) is 28.1 Å². The number of hydrogen-bond acceptors (Lipinski definition) is 3. The predicted octanol–water partition coefficient (Wildman–Crippen LogP) is 3.50. The van der Waals surface area contributed by atoms with Gasteiger partial charge in [0.15, 0.2) is 0 Å². The third-order valence-corrected chi connectivity index (χ3v) is 3.29. The zero-order chi connectivity index (χ0) is 13.8. The van der Waals surface area contributed by atoms with Crippen molar-refractivity contribution in [2.24, 2.45) is 5.73 Å². The van der Waals surface area contributed by atoms with Gasteiger partial charge in [0.2, 0.25) is 0 Å². The lowest BCUT2D eigenvalue weighted by atomic mass is 10.1. The van der Waals surface area contributed by atoms with E-state index in [0.717, 1.165) is 26.9 Å². The maximum absolute atomic E-state index is 9.42. The molecular formula is C15H16BrNO2. The molecule has 4 heteroatoms. The van der Waals surface area contributed by atoms with Crippen molar-refractivity contribution < 1.29 is 9.84 Å². The van der Waals surface area contributed by atoms with Crippen LogP contribution in [-0.4, -0.2) is 5.11 Å². The number of hydrogen-bond donors (Lipinski definition) is 2. The van der Waals surface area contributed by atoms with Gasteiger partial charge >= 0.3 is 0 Å². The first-order valence-corrected chi connectivity index (χ1v) is 6.79. The molecule has 0 atom stereocenters. The Morgan fingerprint density at radius 1 is 1.26 bits per heavy atom. The number of ether oxygens (including phenoxy) is 1. The van der Waals surface area contributed by atoms with Gasteiger partial charge in [-0.25, -0.2) is 0 Å². The fraction of sp³-hybridized carbons (Fsp3) is 0.200. The minimum absolute atomic E-state index is 0.243. The quantitative estimate of drug-likeness (QED) is 0.906. The highest BCUT2D eigenvalue weighted by molar-refractivity contribution is 9.10. The number of phenolic OH excluding ortho intramolecular Hbond substituents is 1. The monoisotopic (exact) mass is 321 g/mol. The summed E-state index contributed by atoms with van der Waals surface area (Å²) in [6.07, 6.45) is 0. The fourth-order valence-corrected chi connectivity index (χ4v) is 2.58. The van der Waals surface area contributed by atoms with Crippen LogP contribution < -0.4 is 10.5 Å². The molecule has 2 aromatic carbocycles. The topological polar surface area (TPSA) is 55.5 Å². The third-order valence-electron chi connectivity index (χ3n) is 2.83. The predicted molar refractivity (Wildman–Crippen MR) is 79.2 cm³/mol. The first-order chi connectivity index (χ1) is 9.10. The van der Waals surface area contributed by atoms with Gasteiger partial charge in [-0.2, -0.15) is 0 Å². The molecule has 0 saturated carbocycles. The van der Waals surface area contributed by atoms with E-state index in [0.29, 0.717) is 13.2 Å². The number of phenols is 1. The van der Waals surface area contributed by atoms with Gasteiger partial charge in [0.25, 0.3) is 0 Å². The summed E-state index contributed by atoms with van der Waals surface area (Å²) in [7, 11) is 0. The lowest BCUT2D eigenvalue weighted by Gasteiger charge is -2.14. The molecule has 2 rings (SSSR count). The van der Waals surface area contributed by atoms with Gasteiger partial charge in [0.1, 0.15) is 18.1 Å². The van der Waals surface area contributed by atoms with Crippen molar-refractivity contribution in [2.45, 2.75) is 20.1 Å². The molecule has 0 aromatic heterocycles. The molecule has 0 unspecified atom stereocenters. The molecule has 3 N–H and O–H groups in total. The van der Waals surface area contributed by atoms with E-state index >= 15 is 0 Å². The minimum atomic E-state index is 0.243. The van der Waals surface area contributed by atoms with E-state index < -0.39 is 0 Å². The highest BCUT2D eigenvalue weighted by Crippen LogP contribution is 2.28. The molecule has 0 radical (unpaired) electrons. The standard InChI is InChI=1S/C15H16BrNO2/c1-10-5-13(16)7-12(8-17)15(10)19-9-11-3-2-4-14(18)6-11/h2-7,18H,8-9,17H2,1H3. The molecule has 3 nitrogen and oxygen atoms in total. The molecule has 19 heavy (non-hydrogen) atoms. The van der Waals surface area contributed by atoms with Crippen LogP contribution in [0.25, 0.3) is 0 Å². The molecule has 0 aliphatic heterocycles. The van der Waals surface area contributed by atoms with Crippen LogP contribution in [0.15, 0.2) is 40.9 Å². The Bertz CT molecular complexity index is 584. The van der Waals surface area contributed by atoms with Crippen molar-refractivity contribution >= 4 is 15.9 Å².